The van der Waals surface area contributed by atoms with Crippen LogP contribution in [0.4, 0.5) is 0 Å². The van der Waals surface area contributed by atoms with Gasteiger partial charge < -0.3 is 0 Å². The van der Waals surface area contributed by atoms with Gasteiger partial charge in [0, 0.05) is 42.8 Å². The number of fused-ring (bicyclic) bond motifs is 10. The van der Waals surface area contributed by atoms with Gasteiger partial charge in [-0.25, -0.2) is 0 Å². The predicted molar refractivity (Wildman–Crippen MR) is 158 cm³/mol. The zero-order valence-corrected chi connectivity index (χ0v) is 22.3. The second kappa shape index (κ2) is 6.96. The van der Waals surface area contributed by atoms with E-state index in [0.717, 1.165) is 5.69 Å². The number of pyridine rings is 1. The van der Waals surface area contributed by atoms with Crippen LogP contribution in [0.5, 0.6) is 0 Å². The number of benzene rings is 4. The van der Waals surface area contributed by atoms with Gasteiger partial charge in [-0.2, -0.15) is 0 Å². The highest BCUT2D eigenvalue weighted by molar-refractivity contribution is 7.25. The van der Waals surface area contributed by atoms with Gasteiger partial charge in [0.15, 0.2) is 0 Å². The average Bonchev–Trinajstić information content (AvgIpc) is 3.47. The van der Waals surface area contributed by atoms with E-state index in [2.05, 4.69) is 112 Å². The molecule has 0 unspecified atom stereocenters. The molecule has 0 spiro atoms. The minimum absolute atomic E-state index is 0.0660. The quantitative estimate of drug-likeness (QED) is 0.222. The van der Waals surface area contributed by atoms with Crippen molar-refractivity contribution in [2.45, 2.75) is 38.5 Å². The summed E-state index contributed by atoms with van der Waals surface area (Å²) in [6.07, 6.45) is 1.88. The first-order chi connectivity index (χ1) is 17.9. The number of thiophene rings is 1. The predicted octanol–water partition coefficient (Wildman–Crippen LogP) is 9.73. The number of hydrogen-bond acceptors (Lipinski definition) is 2. The molecule has 6 aromatic rings. The van der Waals surface area contributed by atoms with E-state index < -0.39 is 0 Å². The second-order valence-corrected chi connectivity index (χ2v) is 12.7. The fraction of sp³-hybridized carbons (Fsp3) is 0.171. The molecule has 0 aliphatic heterocycles. The Balaban J connectivity index is 1.38. The Labute approximate surface area is 221 Å². The Kier molecular flexibility index (Phi) is 4.02. The number of hydrogen-bond donors (Lipinski definition) is 0. The average molecular weight is 494 g/mol. The van der Waals surface area contributed by atoms with Crippen molar-refractivity contribution >= 4 is 31.5 Å². The third-order valence-corrected chi connectivity index (χ3v) is 10.0. The molecule has 0 bridgehead atoms. The molecule has 2 aliphatic carbocycles. The van der Waals surface area contributed by atoms with Crippen LogP contribution in [0.25, 0.3) is 53.7 Å². The Morgan fingerprint density at radius 1 is 0.568 bits per heavy atom. The first kappa shape index (κ1) is 21.3. The Morgan fingerprint density at radius 2 is 1.24 bits per heavy atom. The zero-order chi connectivity index (χ0) is 25.1. The van der Waals surface area contributed by atoms with Gasteiger partial charge in [0.25, 0.3) is 0 Å². The van der Waals surface area contributed by atoms with Gasteiger partial charge in [-0.3, -0.25) is 4.98 Å². The van der Waals surface area contributed by atoms with E-state index >= 15 is 0 Å². The first-order valence-corrected chi connectivity index (χ1v) is 13.9. The molecule has 178 valence electrons. The van der Waals surface area contributed by atoms with Gasteiger partial charge in [0.05, 0.1) is 5.69 Å². The van der Waals surface area contributed by atoms with Gasteiger partial charge in [-0.1, -0.05) is 76.2 Å². The molecule has 0 saturated heterocycles. The molecule has 0 saturated carbocycles. The van der Waals surface area contributed by atoms with Crippen molar-refractivity contribution < 1.29 is 0 Å². The molecule has 0 radical (unpaired) electrons. The van der Waals surface area contributed by atoms with Crippen molar-refractivity contribution in [3.8, 4) is 33.5 Å². The topological polar surface area (TPSA) is 12.9 Å². The van der Waals surface area contributed by atoms with E-state index in [0.29, 0.717) is 0 Å². The lowest BCUT2D eigenvalue weighted by Crippen LogP contribution is -2.24. The summed E-state index contributed by atoms with van der Waals surface area (Å²) < 4.78 is 2.76. The highest BCUT2D eigenvalue weighted by Gasteiger charge is 2.46. The molecular formula is C35H27NS. The molecule has 0 N–H and O–H groups in total. The molecule has 1 nitrogen and oxygen atoms in total. The van der Waals surface area contributed by atoms with Gasteiger partial charge in [-0.15, -0.1) is 11.3 Å². The summed E-state index contributed by atoms with van der Waals surface area (Å²) in [7, 11) is 0. The number of nitrogens with zero attached hydrogens (tertiary/aromatic N) is 1. The summed E-state index contributed by atoms with van der Waals surface area (Å²) in [4.78, 5) is 4.62. The Hall–Kier alpha value is -3.75. The lowest BCUT2D eigenvalue weighted by molar-refractivity contribution is 0.601. The molecule has 0 amide bonds. The monoisotopic (exact) mass is 493 g/mol. The van der Waals surface area contributed by atoms with Crippen molar-refractivity contribution in [1.29, 1.82) is 0 Å². The molecule has 2 heterocycles. The lowest BCUT2D eigenvalue weighted by Gasteiger charge is -2.30. The maximum Gasteiger partial charge on any atom is 0.0702 e. The second-order valence-electron chi connectivity index (χ2n) is 11.6. The van der Waals surface area contributed by atoms with E-state index in [9.17, 15) is 0 Å². The van der Waals surface area contributed by atoms with Crippen molar-refractivity contribution in [2.75, 3.05) is 0 Å². The van der Waals surface area contributed by atoms with Gasteiger partial charge in [0.1, 0.15) is 0 Å². The van der Waals surface area contributed by atoms with Crippen LogP contribution in [-0.2, 0) is 10.8 Å². The van der Waals surface area contributed by atoms with Crippen LogP contribution < -0.4 is 0 Å². The van der Waals surface area contributed by atoms with Crippen LogP contribution in [0.3, 0.4) is 0 Å². The molecule has 0 fully saturated rings. The third-order valence-electron chi connectivity index (χ3n) is 8.88. The summed E-state index contributed by atoms with van der Waals surface area (Å²) in [5.41, 5.74) is 13.5. The summed E-state index contributed by atoms with van der Waals surface area (Å²) in [5.74, 6) is 0. The summed E-state index contributed by atoms with van der Waals surface area (Å²) in [6, 6.07) is 31.6. The molecule has 2 aromatic heterocycles. The fourth-order valence-corrected chi connectivity index (χ4v) is 8.25. The van der Waals surface area contributed by atoms with Crippen molar-refractivity contribution in [3.63, 3.8) is 0 Å². The van der Waals surface area contributed by atoms with Crippen LogP contribution in [-0.4, -0.2) is 4.98 Å². The molecular weight excluding hydrogens is 466 g/mol. The van der Waals surface area contributed by atoms with Crippen LogP contribution in [0.2, 0.25) is 0 Å². The van der Waals surface area contributed by atoms with Crippen LogP contribution in [0.1, 0.15) is 49.9 Å². The number of rotatable bonds is 1. The van der Waals surface area contributed by atoms with Gasteiger partial charge in [-0.05, 0) is 80.9 Å². The Morgan fingerprint density at radius 3 is 2.00 bits per heavy atom. The minimum atomic E-state index is -0.0931. The number of aromatic nitrogens is 1. The normalized spacial score (nSPS) is 16.0. The summed E-state index contributed by atoms with van der Waals surface area (Å²) in [5, 5.41) is 2.75. The SMILES string of the molecule is CC1(C)c2cc(-c3ccccn3)ccc2-c2ccc3c(c21)C(C)(C)c1cc2sc4ccccc4c2cc1-3. The largest absolute Gasteiger partial charge is 0.256 e. The fourth-order valence-electron chi connectivity index (χ4n) is 7.12. The van der Waals surface area contributed by atoms with Crippen molar-refractivity contribution in [2.24, 2.45) is 0 Å². The maximum absolute atomic E-state index is 4.62. The highest BCUT2D eigenvalue weighted by Crippen LogP contribution is 2.60. The molecule has 0 atom stereocenters. The highest BCUT2D eigenvalue weighted by atomic mass is 32.1. The smallest absolute Gasteiger partial charge is 0.0702 e. The molecule has 2 heteroatoms. The lowest BCUT2D eigenvalue weighted by atomic mass is 9.72. The van der Waals surface area contributed by atoms with Gasteiger partial charge >= 0.3 is 0 Å². The molecule has 8 rings (SSSR count). The van der Waals surface area contributed by atoms with E-state index in [1.807, 2.05) is 23.6 Å². The maximum atomic E-state index is 4.62. The third kappa shape index (κ3) is 2.66. The molecule has 4 aromatic carbocycles. The van der Waals surface area contributed by atoms with Crippen LogP contribution in [0.15, 0.2) is 91.1 Å². The minimum Gasteiger partial charge on any atom is -0.256 e. The standard InChI is InChI=1S/C35H27NS/c1-34(2)27-17-20(29-10-7-8-16-36-29)12-13-21(27)23-14-15-24-25-18-26-22-9-5-6-11-30(22)37-31(26)19-28(25)35(3,4)33(24)32(23)34/h5-19H,1-4H3. The van der Waals surface area contributed by atoms with Crippen molar-refractivity contribution in [3.05, 3.63) is 113 Å². The Bertz CT molecular complexity index is 1920. The van der Waals surface area contributed by atoms with Gasteiger partial charge in [0.2, 0.25) is 0 Å². The van der Waals surface area contributed by atoms with Crippen molar-refractivity contribution in [1.82, 2.24) is 4.98 Å². The summed E-state index contributed by atoms with van der Waals surface area (Å²) in [6.45, 7) is 9.67. The van der Waals surface area contributed by atoms with Crippen LogP contribution in [0, 0.1) is 0 Å². The van der Waals surface area contributed by atoms with Crippen LogP contribution >= 0.6 is 11.3 Å². The van der Waals surface area contributed by atoms with E-state index in [4.69, 9.17) is 0 Å². The van der Waals surface area contributed by atoms with E-state index in [1.165, 1.54) is 70.2 Å². The summed E-state index contributed by atoms with van der Waals surface area (Å²) >= 11 is 1.92. The molecule has 37 heavy (non-hydrogen) atoms. The van der Waals surface area contributed by atoms with E-state index in [-0.39, 0.29) is 10.8 Å². The van der Waals surface area contributed by atoms with E-state index in [1.54, 1.807) is 0 Å². The molecule has 2 aliphatic rings. The zero-order valence-electron chi connectivity index (χ0n) is 21.5. The first-order valence-electron chi connectivity index (χ1n) is 13.1.